The second kappa shape index (κ2) is 1.99. The molecule has 1 radical (unpaired) electrons. The Morgan fingerprint density at radius 1 is 1.71 bits per heavy atom. The summed E-state index contributed by atoms with van der Waals surface area (Å²) in [6.45, 7) is 3.31. The zero-order chi connectivity index (χ0) is 5.91. The van der Waals surface area contributed by atoms with Gasteiger partial charge in [0.2, 0.25) is 0 Å². The minimum Gasteiger partial charge on any atom is -0.235 e. The van der Waals surface area contributed by atoms with Gasteiger partial charge >= 0.3 is 0 Å². The van der Waals surface area contributed by atoms with Crippen molar-refractivity contribution < 1.29 is 5.11 Å². The Labute approximate surface area is 44.4 Å². The molecule has 0 saturated heterocycles. The number of terminal acetylenes is 1. The van der Waals surface area contributed by atoms with Crippen molar-refractivity contribution in [1.82, 2.24) is 0 Å². The third kappa shape index (κ3) is 2.24. The fourth-order valence-corrected chi connectivity index (χ4v) is 0.0417. The van der Waals surface area contributed by atoms with Crippen LogP contribution in [-0.4, -0.2) is 6.61 Å². The maximum Gasteiger partial charge on any atom is 0.0982 e. The van der Waals surface area contributed by atoms with Crippen LogP contribution in [0.25, 0.3) is 0 Å². The van der Waals surface area contributed by atoms with Gasteiger partial charge in [-0.15, -0.1) is 6.42 Å². The van der Waals surface area contributed by atoms with Gasteiger partial charge < -0.3 is 0 Å². The van der Waals surface area contributed by atoms with E-state index in [-0.39, 0.29) is 6.61 Å². The molecular formula is C6H9O. The minimum absolute atomic E-state index is 0.191. The molecule has 0 heterocycles. The quantitative estimate of drug-likeness (QED) is 0.436. The molecule has 39 valence electrons. The topological polar surface area (TPSA) is 19.9 Å². The van der Waals surface area contributed by atoms with E-state index in [1.165, 1.54) is 0 Å². The molecule has 0 aromatic carbocycles. The van der Waals surface area contributed by atoms with Gasteiger partial charge in [0.25, 0.3) is 0 Å². The lowest BCUT2D eigenvalue weighted by Gasteiger charge is -2.09. The molecule has 0 atom stereocenters. The van der Waals surface area contributed by atoms with Crippen LogP contribution < -0.4 is 0 Å². The van der Waals surface area contributed by atoms with Crippen molar-refractivity contribution in [3.05, 3.63) is 0 Å². The summed E-state index contributed by atoms with van der Waals surface area (Å²) in [5, 5.41) is 10.0. The summed E-state index contributed by atoms with van der Waals surface area (Å²) in [5.74, 6) is 2.38. The monoisotopic (exact) mass is 97.1 g/mol. The first-order chi connectivity index (χ1) is 3.12. The third-order valence-corrected chi connectivity index (χ3v) is 0.752. The molecule has 0 fully saturated rings. The van der Waals surface area contributed by atoms with Crippen molar-refractivity contribution in [2.24, 2.45) is 5.41 Å². The van der Waals surface area contributed by atoms with Gasteiger partial charge in [-0.3, -0.25) is 0 Å². The molecular weight excluding hydrogens is 88.1 g/mol. The SMILES string of the molecule is C#CC(C)(C)C[O]. The lowest BCUT2D eigenvalue weighted by Crippen LogP contribution is -2.11. The summed E-state index contributed by atoms with van der Waals surface area (Å²) in [7, 11) is 0. The first kappa shape index (κ1) is 6.52. The first-order valence-electron chi connectivity index (χ1n) is 2.18. The highest BCUT2D eigenvalue weighted by Gasteiger charge is 2.11. The molecule has 1 heteroatoms. The Bertz CT molecular complexity index is 86.8. The zero-order valence-corrected chi connectivity index (χ0v) is 4.69. The van der Waals surface area contributed by atoms with E-state index < -0.39 is 5.41 Å². The highest BCUT2D eigenvalue weighted by molar-refractivity contribution is 4.99. The maximum atomic E-state index is 10.0. The van der Waals surface area contributed by atoms with Gasteiger partial charge in [-0.05, 0) is 13.8 Å². The normalized spacial score (nSPS) is 10.6. The van der Waals surface area contributed by atoms with Gasteiger partial charge in [-0.1, -0.05) is 5.92 Å². The van der Waals surface area contributed by atoms with Crippen LogP contribution >= 0.6 is 0 Å². The van der Waals surface area contributed by atoms with E-state index >= 15 is 0 Å². The van der Waals surface area contributed by atoms with E-state index in [0.717, 1.165) is 0 Å². The molecule has 1 nitrogen and oxygen atoms in total. The molecule has 0 aliphatic heterocycles. The molecule has 7 heavy (non-hydrogen) atoms. The number of hydrogen-bond donors (Lipinski definition) is 0. The van der Waals surface area contributed by atoms with E-state index in [1.807, 2.05) is 0 Å². The van der Waals surface area contributed by atoms with Crippen LogP contribution in [0.4, 0.5) is 0 Å². The van der Waals surface area contributed by atoms with Crippen molar-refractivity contribution in [3.8, 4) is 12.3 Å². The fourth-order valence-electron chi connectivity index (χ4n) is 0.0417. The van der Waals surface area contributed by atoms with Gasteiger partial charge in [-0.25, -0.2) is 5.11 Å². The first-order valence-corrected chi connectivity index (χ1v) is 2.18. The molecule has 0 rings (SSSR count). The summed E-state index contributed by atoms with van der Waals surface area (Å²) in [4.78, 5) is 0. The molecule has 0 aromatic rings. The van der Waals surface area contributed by atoms with Gasteiger partial charge in [0.05, 0.1) is 12.0 Å². The van der Waals surface area contributed by atoms with Crippen LogP contribution in [0.2, 0.25) is 0 Å². The molecule has 0 N–H and O–H groups in total. The third-order valence-electron chi connectivity index (χ3n) is 0.752. The molecule has 0 aliphatic rings. The van der Waals surface area contributed by atoms with Gasteiger partial charge in [0.1, 0.15) is 0 Å². The Balaban J connectivity index is 3.66. The van der Waals surface area contributed by atoms with E-state index in [2.05, 4.69) is 5.92 Å². The predicted molar refractivity (Wildman–Crippen MR) is 28.2 cm³/mol. The largest absolute Gasteiger partial charge is 0.235 e. The highest BCUT2D eigenvalue weighted by Crippen LogP contribution is 2.09. The van der Waals surface area contributed by atoms with Crippen LogP contribution in [0.5, 0.6) is 0 Å². The Hall–Kier alpha value is -0.480. The molecule has 0 aliphatic carbocycles. The highest BCUT2D eigenvalue weighted by atomic mass is 16.3. The molecule has 0 aromatic heterocycles. The van der Waals surface area contributed by atoms with Gasteiger partial charge in [0, 0.05) is 0 Å². The summed E-state index contributed by atoms with van der Waals surface area (Å²) < 4.78 is 0. The zero-order valence-electron chi connectivity index (χ0n) is 4.69. The Kier molecular flexibility index (Phi) is 1.86. The molecule has 0 amide bonds. The molecule has 0 bridgehead atoms. The van der Waals surface area contributed by atoms with Crippen molar-refractivity contribution in [3.63, 3.8) is 0 Å². The van der Waals surface area contributed by atoms with Crippen LogP contribution in [0.15, 0.2) is 0 Å². The molecule has 0 saturated carbocycles. The smallest absolute Gasteiger partial charge is 0.0982 e. The fraction of sp³-hybridized carbons (Fsp3) is 0.667. The van der Waals surface area contributed by atoms with Crippen LogP contribution in [0, 0.1) is 17.8 Å². The van der Waals surface area contributed by atoms with Crippen LogP contribution in [0.3, 0.4) is 0 Å². The summed E-state index contributed by atoms with van der Waals surface area (Å²) in [5.41, 5.74) is -0.444. The average molecular weight is 97.1 g/mol. The second-order valence-corrected chi connectivity index (χ2v) is 2.17. The summed E-state index contributed by atoms with van der Waals surface area (Å²) >= 11 is 0. The van der Waals surface area contributed by atoms with Crippen LogP contribution in [0.1, 0.15) is 13.8 Å². The average Bonchev–Trinajstić information content (AvgIpc) is 1.68. The summed E-state index contributed by atoms with van der Waals surface area (Å²) in [6, 6.07) is 0. The predicted octanol–water partition coefficient (Wildman–Crippen LogP) is 1.08. The molecule has 0 spiro atoms. The van der Waals surface area contributed by atoms with Crippen LogP contribution in [-0.2, 0) is 5.11 Å². The Morgan fingerprint density at radius 2 is 2.14 bits per heavy atom. The van der Waals surface area contributed by atoms with Crippen molar-refractivity contribution in [2.45, 2.75) is 13.8 Å². The summed E-state index contributed by atoms with van der Waals surface area (Å²) in [6.07, 6.45) is 4.97. The maximum absolute atomic E-state index is 10.0. The minimum atomic E-state index is -0.444. The number of rotatable bonds is 1. The standard InChI is InChI=1S/C6H9O/c1-4-6(2,3)5-7/h1H,5H2,2-3H3. The lowest BCUT2D eigenvalue weighted by atomic mass is 9.97. The van der Waals surface area contributed by atoms with Gasteiger partial charge in [0.15, 0.2) is 0 Å². The van der Waals surface area contributed by atoms with E-state index in [0.29, 0.717) is 0 Å². The Morgan fingerprint density at radius 3 is 2.14 bits per heavy atom. The second-order valence-electron chi connectivity index (χ2n) is 2.17. The van der Waals surface area contributed by atoms with Crippen molar-refractivity contribution >= 4 is 0 Å². The lowest BCUT2D eigenvalue weighted by molar-refractivity contribution is 0.127. The van der Waals surface area contributed by atoms with E-state index in [4.69, 9.17) is 6.42 Å². The molecule has 0 unspecified atom stereocenters. The van der Waals surface area contributed by atoms with E-state index in [9.17, 15) is 5.11 Å². The van der Waals surface area contributed by atoms with Crippen molar-refractivity contribution in [2.75, 3.05) is 6.61 Å². The van der Waals surface area contributed by atoms with Crippen molar-refractivity contribution in [1.29, 1.82) is 0 Å². The number of hydrogen-bond acceptors (Lipinski definition) is 0. The van der Waals surface area contributed by atoms with E-state index in [1.54, 1.807) is 13.8 Å². The van der Waals surface area contributed by atoms with Gasteiger partial charge in [-0.2, -0.15) is 0 Å².